The Morgan fingerprint density at radius 1 is 0.574 bits per heavy atom. The van der Waals surface area contributed by atoms with E-state index >= 15 is 0 Å². The summed E-state index contributed by atoms with van der Waals surface area (Å²) in [5.41, 5.74) is -1.42. The van der Waals surface area contributed by atoms with Gasteiger partial charge in [0.25, 0.3) is 23.6 Å². The minimum absolute atomic E-state index is 0.141. The van der Waals surface area contributed by atoms with Gasteiger partial charge in [-0.3, -0.25) is 28.8 Å². The number of nitrogens with one attached hydrogen (secondary N) is 4. The highest BCUT2D eigenvalue weighted by Gasteiger charge is 2.23. The number of hydrogen-bond donors (Lipinski definition) is 8. The zero-order chi connectivity index (χ0) is 34.5. The number of benzene rings is 2. The number of phenolic OH excluding ortho intramolecular Hbond substituents is 4. The highest BCUT2D eigenvalue weighted by atomic mass is 31.0. The maximum atomic E-state index is 12.6. The molecular weight excluding hydrogens is 635 g/mol. The lowest BCUT2D eigenvalue weighted by molar-refractivity contribution is -0.118. The highest BCUT2D eigenvalue weighted by Crippen LogP contribution is 2.33. The quantitative estimate of drug-likeness (QED) is 0.118. The van der Waals surface area contributed by atoms with Crippen LogP contribution in [-0.4, -0.2) is 118 Å². The van der Waals surface area contributed by atoms with E-state index in [1.807, 2.05) is 0 Å². The molecular formula is C30H39N6O10P. The first kappa shape index (κ1) is 36.4. The highest BCUT2D eigenvalue weighted by molar-refractivity contribution is 7.39. The molecule has 6 amide bonds. The molecule has 3 heterocycles. The number of rotatable bonds is 1. The van der Waals surface area contributed by atoms with Crippen molar-refractivity contribution in [3.63, 3.8) is 0 Å². The van der Waals surface area contributed by atoms with Gasteiger partial charge in [0.05, 0.1) is 22.3 Å². The Labute approximate surface area is 272 Å². The molecule has 4 bridgehead atoms. The maximum absolute atomic E-state index is 12.6. The van der Waals surface area contributed by atoms with Gasteiger partial charge < -0.3 is 51.5 Å². The summed E-state index contributed by atoms with van der Waals surface area (Å²) in [5.74, 6) is -6.27. The Bertz CT molecular complexity index is 1500. The first-order valence-corrected chi connectivity index (χ1v) is 15.5. The maximum Gasteiger partial charge on any atom is 0.255 e. The van der Waals surface area contributed by atoms with Gasteiger partial charge in [0.2, 0.25) is 12.1 Å². The molecule has 1 unspecified atom stereocenters. The number of carbonyl (C=O) groups excluding carboxylic acids is 6. The molecule has 2 aromatic carbocycles. The smallest absolute Gasteiger partial charge is 0.255 e. The van der Waals surface area contributed by atoms with Crippen LogP contribution in [0.15, 0.2) is 24.3 Å². The molecule has 0 spiro atoms. The average Bonchev–Trinajstić information content (AvgIpc) is 3.04. The molecule has 0 fully saturated rings. The lowest BCUT2D eigenvalue weighted by Gasteiger charge is -2.22. The van der Waals surface area contributed by atoms with Crippen molar-refractivity contribution < 1.29 is 49.2 Å². The normalized spacial score (nSPS) is 16.9. The Morgan fingerprint density at radius 2 is 0.894 bits per heavy atom. The number of hydrogen-bond acceptors (Lipinski definition) is 10. The van der Waals surface area contributed by atoms with Gasteiger partial charge in [-0.2, -0.15) is 0 Å². The number of aromatic hydroxyl groups is 4. The SMILES string of the molecule is O=CN1CCCCN(C(=O)P)CCCNC(=O)c2ccc(c(O)c2O)C(=O)NCCNC(=O)c2ccc(c(O)c2O)C(=O)NCCC1. The Morgan fingerprint density at radius 3 is 1.28 bits per heavy atom. The van der Waals surface area contributed by atoms with Crippen LogP contribution in [0, 0.1) is 0 Å². The molecule has 16 nitrogen and oxygen atoms in total. The van der Waals surface area contributed by atoms with Gasteiger partial charge in [0, 0.05) is 52.4 Å². The minimum Gasteiger partial charge on any atom is -0.504 e. The van der Waals surface area contributed by atoms with Crippen molar-refractivity contribution in [3.05, 3.63) is 46.5 Å². The first-order chi connectivity index (χ1) is 22.5. The van der Waals surface area contributed by atoms with Crippen LogP contribution in [-0.2, 0) is 4.79 Å². The molecule has 47 heavy (non-hydrogen) atoms. The van der Waals surface area contributed by atoms with Gasteiger partial charge in [-0.1, -0.05) is 0 Å². The van der Waals surface area contributed by atoms with Crippen molar-refractivity contribution in [2.45, 2.75) is 25.7 Å². The fourth-order valence-corrected chi connectivity index (χ4v) is 5.01. The Kier molecular flexibility index (Phi) is 13.6. The van der Waals surface area contributed by atoms with E-state index in [9.17, 15) is 49.2 Å². The lowest BCUT2D eigenvalue weighted by atomic mass is 10.1. The van der Waals surface area contributed by atoms with Gasteiger partial charge in [-0.25, -0.2) is 0 Å². The minimum atomic E-state index is -0.823. The van der Waals surface area contributed by atoms with Crippen molar-refractivity contribution in [3.8, 4) is 23.0 Å². The third kappa shape index (κ3) is 9.94. The van der Waals surface area contributed by atoms with Gasteiger partial charge in [0.15, 0.2) is 23.0 Å². The van der Waals surface area contributed by atoms with Crippen LogP contribution < -0.4 is 21.3 Å². The lowest BCUT2D eigenvalue weighted by Crippen LogP contribution is -2.35. The summed E-state index contributed by atoms with van der Waals surface area (Å²) < 4.78 is 0. The van der Waals surface area contributed by atoms with Crippen LogP contribution >= 0.6 is 9.24 Å². The third-order valence-corrected chi connectivity index (χ3v) is 7.72. The second-order valence-electron chi connectivity index (χ2n) is 10.6. The molecule has 1 atom stereocenters. The summed E-state index contributed by atoms with van der Waals surface area (Å²) in [6.07, 6.45) is 2.68. The van der Waals surface area contributed by atoms with Crippen LogP contribution in [0.3, 0.4) is 0 Å². The molecule has 0 saturated carbocycles. The van der Waals surface area contributed by atoms with E-state index in [-0.39, 0.29) is 54.1 Å². The van der Waals surface area contributed by atoms with E-state index in [1.54, 1.807) is 4.90 Å². The molecule has 0 aromatic heterocycles. The largest absolute Gasteiger partial charge is 0.504 e. The van der Waals surface area contributed by atoms with Gasteiger partial charge in [-0.15, -0.1) is 0 Å². The van der Waals surface area contributed by atoms with E-state index in [4.69, 9.17) is 0 Å². The van der Waals surface area contributed by atoms with Gasteiger partial charge in [-0.05, 0) is 59.2 Å². The third-order valence-electron chi connectivity index (χ3n) is 7.36. The second-order valence-corrected chi connectivity index (χ2v) is 11.1. The van der Waals surface area contributed by atoms with Crippen LogP contribution in [0.1, 0.15) is 67.1 Å². The molecule has 0 radical (unpaired) electrons. The van der Waals surface area contributed by atoms with Crippen LogP contribution in [0.2, 0.25) is 0 Å². The molecule has 3 aliphatic heterocycles. The molecule has 3 aliphatic rings. The molecule has 8 N–H and O–H groups in total. The first-order valence-electron chi connectivity index (χ1n) is 14.9. The summed E-state index contributed by atoms with van der Waals surface area (Å²) >= 11 is 0. The van der Waals surface area contributed by atoms with E-state index in [2.05, 4.69) is 30.5 Å². The predicted octanol–water partition coefficient (Wildman–Crippen LogP) is 0.458. The van der Waals surface area contributed by atoms with Gasteiger partial charge >= 0.3 is 0 Å². The van der Waals surface area contributed by atoms with Crippen molar-refractivity contribution >= 4 is 44.9 Å². The van der Waals surface area contributed by atoms with Crippen LogP contribution in [0.4, 0.5) is 4.79 Å². The summed E-state index contributed by atoms with van der Waals surface area (Å²) in [6, 6.07) is 4.63. The van der Waals surface area contributed by atoms with E-state index in [0.717, 1.165) is 12.1 Å². The second kappa shape index (κ2) is 17.5. The molecule has 0 aliphatic carbocycles. The van der Waals surface area contributed by atoms with Crippen molar-refractivity contribution in [2.75, 3.05) is 52.4 Å². The number of amides is 6. The van der Waals surface area contributed by atoms with E-state index < -0.39 is 46.6 Å². The summed E-state index contributed by atoms with van der Waals surface area (Å²) in [7, 11) is 2.11. The summed E-state index contributed by atoms with van der Waals surface area (Å²) in [6.45, 7) is 1.52. The molecule has 254 valence electrons. The monoisotopic (exact) mass is 674 g/mol. The molecule has 17 heteroatoms. The predicted molar refractivity (Wildman–Crippen MR) is 172 cm³/mol. The van der Waals surface area contributed by atoms with Gasteiger partial charge in [0.1, 0.15) is 0 Å². The molecule has 5 rings (SSSR count). The zero-order valence-electron chi connectivity index (χ0n) is 25.6. The number of carbonyl (C=O) groups is 6. The van der Waals surface area contributed by atoms with E-state index in [0.29, 0.717) is 58.3 Å². The van der Waals surface area contributed by atoms with Crippen LogP contribution in [0.25, 0.3) is 0 Å². The zero-order valence-corrected chi connectivity index (χ0v) is 26.7. The number of fused-ring (bicyclic) bond motifs is 2. The standard InChI is InChI=1S/C30H39N6O10P/c37-17-35-13-1-2-15-36(30(46)47)16-4-10-32-27(43)19-6-8-21(25(41)23(19)39)29(45)34-12-11-33-28(44)20-7-5-18(22(38)24(20)40)26(42)31-9-3-14-35/h5-8,17,38-41H,1-4,9-16,47H2,(H,31,42)(H,32,43)(H,33,44)(H,34,45). The summed E-state index contributed by atoms with van der Waals surface area (Å²) in [4.78, 5) is 77.1. The molecule has 2 aromatic rings. The van der Waals surface area contributed by atoms with Crippen molar-refractivity contribution in [2.24, 2.45) is 0 Å². The number of nitrogens with zero attached hydrogens (tertiary/aromatic N) is 2. The average molecular weight is 675 g/mol. The fourth-order valence-electron chi connectivity index (χ4n) is 4.75. The van der Waals surface area contributed by atoms with E-state index in [1.165, 1.54) is 17.0 Å². The summed E-state index contributed by atoms with van der Waals surface area (Å²) in [5, 5.41) is 51.6. The Balaban J connectivity index is 1.74. The fraction of sp³-hybridized carbons (Fsp3) is 0.400. The van der Waals surface area contributed by atoms with Crippen molar-refractivity contribution in [1.82, 2.24) is 31.1 Å². The topological polar surface area (TPSA) is 238 Å². The number of phenols is 4. The van der Waals surface area contributed by atoms with Crippen LogP contribution in [0.5, 0.6) is 23.0 Å². The Hall–Kier alpha value is -5.11. The molecule has 0 saturated heterocycles. The van der Waals surface area contributed by atoms with Crippen molar-refractivity contribution in [1.29, 1.82) is 0 Å².